The molecule has 0 unspecified atom stereocenters. The molecule has 0 spiro atoms. The van der Waals surface area contributed by atoms with E-state index in [1.54, 1.807) is 30.1 Å². The first-order chi connectivity index (χ1) is 13.0. The molecule has 0 atom stereocenters. The van der Waals surface area contributed by atoms with Gasteiger partial charge in [-0.2, -0.15) is 0 Å². The molecule has 2 heterocycles. The van der Waals surface area contributed by atoms with Gasteiger partial charge in [0.05, 0.1) is 16.4 Å². The molecule has 0 radical (unpaired) electrons. The minimum atomic E-state index is -0.330. The molecule has 0 saturated heterocycles. The van der Waals surface area contributed by atoms with E-state index in [2.05, 4.69) is 17.2 Å². The maximum absolute atomic E-state index is 12.9. The van der Waals surface area contributed by atoms with Gasteiger partial charge in [0, 0.05) is 20.1 Å². The zero-order chi connectivity index (χ0) is 19.4. The highest BCUT2D eigenvalue weighted by Crippen LogP contribution is 2.25. The molecule has 2 aromatic rings. The van der Waals surface area contributed by atoms with Crippen molar-refractivity contribution >= 4 is 29.1 Å². The largest absolute Gasteiger partial charge is 0.339 e. The zero-order valence-corrected chi connectivity index (χ0v) is 16.6. The number of nitrogens with one attached hydrogen (secondary N) is 1. The molecular formula is C20H25ClN4O2. The van der Waals surface area contributed by atoms with E-state index in [4.69, 9.17) is 11.6 Å². The van der Waals surface area contributed by atoms with Crippen molar-refractivity contribution in [1.29, 1.82) is 0 Å². The molecule has 0 aliphatic carbocycles. The SMILES string of the molecule is CCCCN(C)C(=O)c1nc(C(=O)Nc2ccccc2Cl)c2n1CCCC2. The van der Waals surface area contributed by atoms with Crippen LogP contribution in [0, 0.1) is 0 Å². The molecule has 1 N–H and O–H groups in total. The van der Waals surface area contributed by atoms with Gasteiger partial charge in [0.15, 0.2) is 11.5 Å². The number of aromatic nitrogens is 2. The molecule has 0 bridgehead atoms. The van der Waals surface area contributed by atoms with Gasteiger partial charge in [-0.25, -0.2) is 4.98 Å². The van der Waals surface area contributed by atoms with E-state index in [-0.39, 0.29) is 11.8 Å². The van der Waals surface area contributed by atoms with Crippen LogP contribution in [0.4, 0.5) is 5.69 Å². The van der Waals surface area contributed by atoms with Gasteiger partial charge in [0.2, 0.25) is 0 Å². The van der Waals surface area contributed by atoms with Gasteiger partial charge >= 0.3 is 0 Å². The van der Waals surface area contributed by atoms with Crippen LogP contribution in [0.3, 0.4) is 0 Å². The summed E-state index contributed by atoms with van der Waals surface area (Å²) in [6.07, 6.45) is 4.66. The molecule has 3 rings (SSSR count). The third-order valence-corrected chi connectivity index (χ3v) is 5.17. The second-order valence-electron chi connectivity index (χ2n) is 6.85. The number of para-hydroxylation sites is 1. The minimum absolute atomic E-state index is 0.136. The number of benzene rings is 1. The fraction of sp³-hybridized carbons (Fsp3) is 0.450. The summed E-state index contributed by atoms with van der Waals surface area (Å²) in [4.78, 5) is 31.9. The third-order valence-electron chi connectivity index (χ3n) is 4.84. The van der Waals surface area contributed by atoms with Gasteiger partial charge in [-0.15, -0.1) is 0 Å². The number of unbranched alkanes of at least 4 members (excludes halogenated alkanes) is 1. The van der Waals surface area contributed by atoms with Crippen molar-refractivity contribution in [2.45, 2.75) is 45.6 Å². The predicted octanol–water partition coefficient (Wildman–Crippen LogP) is 4.00. The van der Waals surface area contributed by atoms with Crippen LogP contribution in [-0.4, -0.2) is 39.9 Å². The van der Waals surface area contributed by atoms with Crippen molar-refractivity contribution in [3.05, 3.63) is 46.5 Å². The van der Waals surface area contributed by atoms with E-state index in [0.717, 1.165) is 37.8 Å². The summed E-state index contributed by atoms with van der Waals surface area (Å²) in [5.74, 6) is -0.111. The van der Waals surface area contributed by atoms with Crippen LogP contribution in [0.2, 0.25) is 5.02 Å². The van der Waals surface area contributed by atoms with Crippen LogP contribution in [0.25, 0.3) is 0 Å². The van der Waals surface area contributed by atoms with Gasteiger partial charge < -0.3 is 14.8 Å². The number of halogens is 1. The maximum Gasteiger partial charge on any atom is 0.289 e. The second kappa shape index (κ2) is 8.57. The predicted molar refractivity (Wildman–Crippen MR) is 106 cm³/mol. The quantitative estimate of drug-likeness (QED) is 0.813. The molecule has 27 heavy (non-hydrogen) atoms. The Morgan fingerprint density at radius 3 is 2.81 bits per heavy atom. The summed E-state index contributed by atoms with van der Waals surface area (Å²) in [5.41, 5.74) is 1.69. The lowest BCUT2D eigenvalue weighted by Crippen LogP contribution is -2.31. The number of hydrogen-bond donors (Lipinski definition) is 1. The summed E-state index contributed by atoms with van der Waals surface area (Å²) in [5, 5.41) is 3.29. The summed E-state index contributed by atoms with van der Waals surface area (Å²) >= 11 is 6.14. The van der Waals surface area contributed by atoms with Gasteiger partial charge in [0.1, 0.15) is 0 Å². The van der Waals surface area contributed by atoms with E-state index < -0.39 is 0 Å². The molecule has 144 valence electrons. The molecular weight excluding hydrogens is 364 g/mol. The van der Waals surface area contributed by atoms with E-state index in [0.29, 0.717) is 35.3 Å². The Bertz CT molecular complexity index is 847. The van der Waals surface area contributed by atoms with Crippen LogP contribution in [0.5, 0.6) is 0 Å². The zero-order valence-electron chi connectivity index (χ0n) is 15.8. The van der Waals surface area contributed by atoms with Gasteiger partial charge in [-0.3, -0.25) is 9.59 Å². The Morgan fingerprint density at radius 1 is 1.30 bits per heavy atom. The molecule has 2 amide bonds. The molecule has 0 saturated carbocycles. The fourth-order valence-electron chi connectivity index (χ4n) is 3.30. The topological polar surface area (TPSA) is 67.2 Å². The number of rotatable bonds is 6. The standard InChI is InChI=1S/C20H25ClN4O2/c1-3-4-12-24(2)20(27)18-23-17(16-11-7-8-13-25(16)18)19(26)22-15-10-6-5-9-14(15)21/h5-6,9-10H,3-4,7-8,11-13H2,1-2H3,(H,22,26). The smallest absolute Gasteiger partial charge is 0.289 e. The lowest BCUT2D eigenvalue weighted by atomic mass is 10.1. The molecule has 7 heteroatoms. The first kappa shape index (κ1) is 19.4. The van der Waals surface area contributed by atoms with Crippen LogP contribution in [-0.2, 0) is 13.0 Å². The van der Waals surface area contributed by atoms with Crippen molar-refractivity contribution in [2.24, 2.45) is 0 Å². The number of imidazole rings is 1. The molecule has 1 aliphatic rings. The fourth-order valence-corrected chi connectivity index (χ4v) is 3.48. The highest BCUT2D eigenvalue weighted by molar-refractivity contribution is 6.33. The van der Waals surface area contributed by atoms with Crippen LogP contribution in [0.1, 0.15) is 59.4 Å². The molecule has 6 nitrogen and oxygen atoms in total. The maximum atomic E-state index is 12.9. The van der Waals surface area contributed by atoms with Crippen LogP contribution in [0.15, 0.2) is 24.3 Å². The number of amides is 2. The number of carbonyl (C=O) groups is 2. The number of carbonyl (C=O) groups excluding carboxylic acids is 2. The highest BCUT2D eigenvalue weighted by atomic mass is 35.5. The summed E-state index contributed by atoms with van der Waals surface area (Å²) in [7, 11) is 1.78. The summed E-state index contributed by atoms with van der Waals surface area (Å²) < 4.78 is 1.91. The minimum Gasteiger partial charge on any atom is -0.339 e. The molecule has 0 fully saturated rings. The third kappa shape index (κ3) is 4.16. The molecule has 1 aliphatic heterocycles. The van der Waals surface area contributed by atoms with Crippen molar-refractivity contribution in [3.63, 3.8) is 0 Å². The monoisotopic (exact) mass is 388 g/mol. The Kier molecular flexibility index (Phi) is 6.16. The lowest BCUT2D eigenvalue weighted by molar-refractivity contribution is 0.0775. The Balaban J connectivity index is 1.90. The first-order valence-electron chi connectivity index (χ1n) is 9.43. The van der Waals surface area contributed by atoms with Crippen LogP contribution >= 0.6 is 11.6 Å². The number of hydrogen-bond acceptors (Lipinski definition) is 3. The number of anilines is 1. The van der Waals surface area contributed by atoms with Crippen molar-refractivity contribution in [1.82, 2.24) is 14.5 Å². The molecule has 1 aromatic heterocycles. The summed E-state index contributed by atoms with van der Waals surface area (Å²) in [6, 6.07) is 7.08. The molecule has 1 aromatic carbocycles. The Morgan fingerprint density at radius 2 is 2.07 bits per heavy atom. The van der Waals surface area contributed by atoms with E-state index in [1.165, 1.54) is 0 Å². The Labute approximate surface area is 164 Å². The van der Waals surface area contributed by atoms with E-state index in [9.17, 15) is 9.59 Å². The van der Waals surface area contributed by atoms with Gasteiger partial charge in [-0.1, -0.05) is 37.1 Å². The average Bonchev–Trinajstić information content (AvgIpc) is 3.07. The lowest BCUT2D eigenvalue weighted by Gasteiger charge is -2.20. The highest BCUT2D eigenvalue weighted by Gasteiger charge is 2.29. The van der Waals surface area contributed by atoms with Gasteiger partial charge in [-0.05, 0) is 37.8 Å². The van der Waals surface area contributed by atoms with Crippen molar-refractivity contribution < 1.29 is 9.59 Å². The van der Waals surface area contributed by atoms with Gasteiger partial charge in [0.25, 0.3) is 11.8 Å². The van der Waals surface area contributed by atoms with Crippen molar-refractivity contribution in [2.75, 3.05) is 18.9 Å². The average molecular weight is 389 g/mol. The van der Waals surface area contributed by atoms with E-state index >= 15 is 0 Å². The normalized spacial score (nSPS) is 13.1. The Hall–Kier alpha value is -2.34. The second-order valence-corrected chi connectivity index (χ2v) is 7.26. The van der Waals surface area contributed by atoms with E-state index in [1.807, 2.05) is 10.6 Å². The van der Waals surface area contributed by atoms with Crippen molar-refractivity contribution in [3.8, 4) is 0 Å². The van der Waals surface area contributed by atoms with Crippen LogP contribution < -0.4 is 5.32 Å². The first-order valence-corrected chi connectivity index (χ1v) is 9.81. The summed E-state index contributed by atoms with van der Waals surface area (Å²) in [6.45, 7) is 3.48. The number of nitrogens with zero attached hydrogens (tertiary/aromatic N) is 3. The number of fused-ring (bicyclic) bond motifs is 1.